The predicted molar refractivity (Wildman–Crippen MR) is 115 cm³/mol. The van der Waals surface area contributed by atoms with Crippen LogP contribution in [0.15, 0.2) is 46.4 Å². The molecule has 4 rings (SSSR count). The monoisotopic (exact) mass is 456 g/mol. The van der Waals surface area contributed by atoms with Crippen molar-refractivity contribution in [2.75, 3.05) is 0 Å². The first-order valence-corrected chi connectivity index (χ1v) is 10.5. The predicted octanol–water partition coefficient (Wildman–Crippen LogP) is 5.29. The minimum Gasteiger partial charge on any atom is -0.334 e. The van der Waals surface area contributed by atoms with E-state index in [1.54, 1.807) is 23.2 Å². The average molecular weight is 456 g/mol. The number of fused-ring (bicyclic) bond motifs is 1. The molecular formula is C24H20F4N4O. The van der Waals surface area contributed by atoms with Crippen LogP contribution in [-0.4, -0.2) is 28.9 Å². The van der Waals surface area contributed by atoms with Gasteiger partial charge >= 0.3 is 6.18 Å². The summed E-state index contributed by atoms with van der Waals surface area (Å²) in [5.74, 6) is -1.22. The lowest BCUT2D eigenvalue weighted by atomic mass is 9.96. The Morgan fingerprint density at radius 1 is 1.18 bits per heavy atom. The van der Waals surface area contributed by atoms with Gasteiger partial charge in [-0.1, -0.05) is 24.3 Å². The van der Waals surface area contributed by atoms with Crippen LogP contribution < -0.4 is 0 Å². The van der Waals surface area contributed by atoms with Gasteiger partial charge in [0.1, 0.15) is 11.9 Å². The molecule has 2 aromatic rings. The summed E-state index contributed by atoms with van der Waals surface area (Å²) in [6.45, 7) is 0.683. The third-order valence-corrected chi connectivity index (χ3v) is 5.81. The number of carbonyl (C=O) groups excluding carboxylic acids is 1. The Kier molecular flexibility index (Phi) is 6.27. The summed E-state index contributed by atoms with van der Waals surface area (Å²) in [5, 5.41) is 8.88. The molecule has 170 valence electrons. The summed E-state index contributed by atoms with van der Waals surface area (Å²) in [7, 11) is 0. The number of hydrogen-bond acceptors (Lipinski definition) is 4. The largest absolute Gasteiger partial charge is 0.419 e. The van der Waals surface area contributed by atoms with Gasteiger partial charge in [-0.3, -0.25) is 9.79 Å². The number of halogens is 4. The molecule has 0 spiro atoms. The van der Waals surface area contributed by atoms with Crippen molar-refractivity contribution in [2.24, 2.45) is 9.98 Å². The molecular weight excluding hydrogens is 436 g/mol. The molecule has 1 atom stereocenters. The van der Waals surface area contributed by atoms with Crippen LogP contribution in [0.5, 0.6) is 0 Å². The number of nitrogens with zero attached hydrogens (tertiary/aromatic N) is 4. The van der Waals surface area contributed by atoms with Gasteiger partial charge in [0.2, 0.25) is 11.7 Å². The average Bonchev–Trinajstić information content (AvgIpc) is 3.22. The Morgan fingerprint density at radius 3 is 2.73 bits per heavy atom. The van der Waals surface area contributed by atoms with Gasteiger partial charge in [0.05, 0.1) is 11.6 Å². The Hall–Kier alpha value is -3.54. The molecule has 2 aromatic carbocycles. The number of carbonyl (C=O) groups is 1. The second-order valence-electron chi connectivity index (χ2n) is 8.05. The van der Waals surface area contributed by atoms with E-state index in [2.05, 4.69) is 9.98 Å². The molecule has 0 N–H and O–H groups in total. The van der Waals surface area contributed by atoms with E-state index >= 15 is 0 Å². The number of alkyl halides is 3. The molecule has 0 aliphatic carbocycles. The van der Waals surface area contributed by atoms with Crippen LogP contribution in [0.2, 0.25) is 0 Å². The quantitative estimate of drug-likeness (QED) is 0.574. The highest BCUT2D eigenvalue weighted by Gasteiger charge is 2.37. The maximum Gasteiger partial charge on any atom is 0.419 e. The smallest absolute Gasteiger partial charge is 0.334 e. The molecule has 5 nitrogen and oxygen atoms in total. The maximum absolute atomic E-state index is 14.0. The SMILES string of the molecule is N#CC1=NC(CCCC(=O)N2Cc3ccc(-c4cccc(F)c4C(F)(F)F)cc3C2)CC=N1. The van der Waals surface area contributed by atoms with Crippen LogP contribution in [0, 0.1) is 17.1 Å². The molecule has 2 heterocycles. The van der Waals surface area contributed by atoms with E-state index in [-0.39, 0.29) is 28.9 Å². The fourth-order valence-electron chi connectivity index (χ4n) is 4.20. The zero-order valence-electron chi connectivity index (χ0n) is 17.6. The zero-order chi connectivity index (χ0) is 23.6. The highest BCUT2D eigenvalue weighted by atomic mass is 19.4. The standard InChI is InChI=1S/C24H20F4N4O/c25-20-5-2-4-19(23(20)24(26,27)28)15-7-8-16-13-32(14-17(16)11-15)22(33)6-1-3-18-9-10-30-21(12-29)31-18/h2,4-5,7-8,10-11,18H,1,3,6,9,13-14H2. The minimum absolute atomic E-state index is 0.0524. The van der Waals surface area contributed by atoms with E-state index in [0.717, 1.165) is 17.2 Å². The Bertz CT molecular complexity index is 1180. The van der Waals surface area contributed by atoms with Gasteiger partial charge in [-0.05, 0) is 47.2 Å². The number of amides is 1. The molecule has 9 heteroatoms. The van der Waals surface area contributed by atoms with Gasteiger partial charge in [0.15, 0.2) is 0 Å². The molecule has 0 saturated heterocycles. The summed E-state index contributed by atoms with van der Waals surface area (Å²) >= 11 is 0. The fraction of sp³-hybridized carbons (Fsp3) is 0.333. The summed E-state index contributed by atoms with van der Waals surface area (Å²) in [6, 6.07) is 9.99. The highest BCUT2D eigenvalue weighted by Crippen LogP contribution is 2.40. The number of hydrogen-bond donors (Lipinski definition) is 0. The van der Waals surface area contributed by atoms with E-state index in [9.17, 15) is 22.4 Å². The van der Waals surface area contributed by atoms with Gasteiger partial charge in [0.25, 0.3) is 0 Å². The lowest BCUT2D eigenvalue weighted by Crippen LogP contribution is -2.25. The van der Waals surface area contributed by atoms with Gasteiger partial charge in [-0.2, -0.15) is 18.4 Å². The van der Waals surface area contributed by atoms with Crippen LogP contribution in [0.1, 0.15) is 42.4 Å². The summed E-state index contributed by atoms with van der Waals surface area (Å²) in [5.41, 5.74) is 0.378. The first kappa shape index (κ1) is 22.6. The Labute approximate surface area is 188 Å². The van der Waals surface area contributed by atoms with Gasteiger partial charge in [0, 0.05) is 32.1 Å². The molecule has 0 bridgehead atoms. The van der Waals surface area contributed by atoms with Crippen molar-refractivity contribution in [3.05, 3.63) is 58.9 Å². The third-order valence-electron chi connectivity index (χ3n) is 5.81. The van der Waals surface area contributed by atoms with Gasteiger partial charge in [-0.25, -0.2) is 9.38 Å². The van der Waals surface area contributed by atoms with Crippen molar-refractivity contribution < 1.29 is 22.4 Å². The Balaban J connectivity index is 1.41. The topological polar surface area (TPSA) is 68.8 Å². The summed E-state index contributed by atoms with van der Waals surface area (Å²) < 4.78 is 54.2. The van der Waals surface area contributed by atoms with Crippen LogP contribution >= 0.6 is 0 Å². The summed E-state index contributed by atoms with van der Waals surface area (Å²) in [4.78, 5) is 22.4. The van der Waals surface area contributed by atoms with Crippen LogP contribution in [-0.2, 0) is 24.1 Å². The number of amidine groups is 1. The summed E-state index contributed by atoms with van der Waals surface area (Å²) in [6.07, 6.45) is -0.936. The molecule has 33 heavy (non-hydrogen) atoms. The van der Waals surface area contributed by atoms with Gasteiger partial charge < -0.3 is 4.90 Å². The van der Waals surface area contributed by atoms with Crippen molar-refractivity contribution >= 4 is 18.0 Å². The number of nitriles is 1. The lowest BCUT2D eigenvalue weighted by Gasteiger charge is -2.17. The number of aliphatic imine (C=N–C) groups is 2. The fourth-order valence-corrected chi connectivity index (χ4v) is 4.20. The van der Waals surface area contributed by atoms with E-state index in [4.69, 9.17) is 5.26 Å². The molecule has 0 saturated carbocycles. The second kappa shape index (κ2) is 9.14. The van der Waals surface area contributed by atoms with Crippen LogP contribution in [0.4, 0.5) is 17.6 Å². The Morgan fingerprint density at radius 2 is 1.97 bits per heavy atom. The lowest BCUT2D eigenvalue weighted by molar-refractivity contribution is -0.139. The third kappa shape index (κ3) is 4.95. The molecule has 0 fully saturated rings. The van der Waals surface area contributed by atoms with Crippen molar-refractivity contribution in [1.29, 1.82) is 5.26 Å². The molecule has 2 aliphatic rings. The van der Waals surface area contributed by atoms with E-state index in [1.165, 1.54) is 18.2 Å². The number of rotatable bonds is 5. The minimum atomic E-state index is -4.82. The molecule has 1 amide bonds. The first-order chi connectivity index (χ1) is 15.8. The maximum atomic E-state index is 14.0. The van der Waals surface area contributed by atoms with Crippen molar-refractivity contribution in [1.82, 2.24) is 4.90 Å². The number of benzene rings is 2. The van der Waals surface area contributed by atoms with Gasteiger partial charge in [-0.15, -0.1) is 0 Å². The molecule has 0 aromatic heterocycles. The molecule has 1 unspecified atom stereocenters. The molecule has 2 aliphatic heterocycles. The zero-order valence-corrected chi connectivity index (χ0v) is 17.6. The molecule has 0 radical (unpaired) electrons. The van der Waals surface area contributed by atoms with E-state index in [1.807, 2.05) is 6.07 Å². The van der Waals surface area contributed by atoms with Crippen molar-refractivity contribution in [3.8, 4) is 17.2 Å². The van der Waals surface area contributed by atoms with Crippen LogP contribution in [0.3, 0.4) is 0 Å². The van der Waals surface area contributed by atoms with Crippen molar-refractivity contribution in [2.45, 2.75) is 51.0 Å². The second-order valence-corrected chi connectivity index (χ2v) is 8.05. The highest BCUT2D eigenvalue weighted by molar-refractivity contribution is 6.02. The first-order valence-electron chi connectivity index (χ1n) is 10.5. The normalized spacial score (nSPS) is 17.5. The van der Waals surface area contributed by atoms with Crippen molar-refractivity contribution in [3.63, 3.8) is 0 Å². The van der Waals surface area contributed by atoms with Crippen LogP contribution in [0.25, 0.3) is 11.1 Å². The van der Waals surface area contributed by atoms with E-state index < -0.39 is 17.6 Å². The van der Waals surface area contributed by atoms with E-state index in [0.29, 0.717) is 38.8 Å².